The van der Waals surface area contributed by atoms with Crippen LogP contribution in [0.4, 0.5) is 9.18 Å². The van der Waals surface area contributed by atoms with Gasteiger partial charge < -0.3 is 25.0 Å². The van der Waals surface area contributed by atoms with E-state index in [0.29, 0.717) is 17.7 Å². The van der Waals surface area contributed by atoms with Crippen LogP contribution in [-0.4, -0.2) is 76.8 Å². The maximum Gasteiger partial charge on any atom is 0.317 e. The monoisotopic (exact) mass is 496 g/mol. The summed E-state index contributed by atoms with van der Waals surface area (Å²) in [5, 5.41) is 12.7. The molecule has 0 saturated carbocycles. The van der Waals surface area contributed by atoms with Gasteiger partial charge in [0.2, 0.25) is 5.88 Å². The summed E-state index contributed by atoms with van der Waals surface area (Å²) in [6.07, 6.45) is 1.07. The second kappa shape index (κ2) is 11.9. The Labute approximate surface area is 211 Å². The molecule has 0 radical (unpaired) electrons. The minimum absolute atomic E-state index is 0.00836. The Morgan fingerprint density at radius 2 is 1.94 bits per heavy atom. The highest BCUT2D eigenvalue weighted by atomic mass is 19.1. The van der Waals surface area contributed by atoms with E-state index in [1.54, 1.807) is 42.0 Å². The maximum atomic E-state index is 13.5. The lowest BCUT2D eigenvalue weighted by molar-refractivity contribution is 0.0351. The summed E-state index contributed by atoms with van der Waals surface area (Å²) in [5.74, 6) is 5.23. The van der Waals surface area contributed by atoms with Gasteiger partial charge in [0.25, 0.3) is 5.91 Å². The van der Waals surface area contributed by atoms with Crippen molar-refractivity contribution in [3.8, 4) is 17.7 Å². The van der Waals surface area contributed by atoms with Crippen LogP contribution in [0, 0.1) is 23.6 Å². The van der Waals surface area contributed by atoms with Crippen LogP contribution < -0.4 is 10.1 Å². The molecule has 8 nitrogen and oxygen atoms in total. The van der Waals surface area contributed by atoms with Crippen LogP contribution in [0.25, 0.3) is 0 Å². The van der Waals surface area contributed by atoms with Crippen LogP contribution in [0.3, 0.4) is 0 Å². The molecule has 0 aliphatic carbocycles. The fraction of sp³-hybridized carbons (Fsp3) is 0.444. The minimum atomic E-state index is -0.447. The van der Waals surface area contributed by atoms with Gasteiger partial charge in [0.05, 0.1) is 19.2 Å². The number of hydrogen-bond acceptors (Lipinski definition) is 5. The Morgan fingerprint density at radius 1 is 1.28 bits per heavy atom. The second-order valence-corrected chi connectivity index (χ2v) is 9.44. The number of nitrogens with one attached hydrogen (secondary N) is 1. The van der Waals surface area contributed by atoms with E-state index in [4.69, 9.17) is 4.74 Å². The normalized spacial score (nSPS) is 18.2. The zero-order chi connectivity index (χ0) is 26.4. The molecule has 1 aliphatic rings. The molecule has 3 amide bonds. The van der Waals surface area contributed by atoms with E-state index < -0.39 is 12.1 Å². The summed E-state index contributed by atoms with van der Waals surface area (Å²) in [7, 11) is 1.69. The molecular formula is C27H33FN4O4. The average Bonchev–Trinajstić information content (AvgIpc) is 2.84. The molecule has 3 rings (SSSR count). The predicted octanol–water partition coefficient (Wildman–Crippen LogP) is 2.89. The molecule has 2 N–H and O–H groups in total. The van der Waals surface area contributed by atoms with Crippen LogP contribution >= 0.6 is 0 Å². The number of ether oxygens (including phenoxy) is 1. The Morgan fingerprint density at radius 3 is 2.58 bits per heavy atom. The lowest BCUT2D eigenvalue weighted by Gasteiger charge is -2.37. The molecule has 0 bridgehead atoms. The molecule has 0 fully saturated rings. The van der Waals surface area contributed by atoms with E-state index in [9.17, 15) is 19.1 Å². The minimum Gasteiger partial charge on any atom is -0.472 e. The van der Waals surface area contributed by atoms with E-state index >= 15 is 0 Å². The SMILES string of the molecule is CC(C)NC(=O)N(C)C[C@H]1Oc2ncc(C#Cc3ccc(F)cc3)cc2C(=O)N([C@H](C)CO)C[C@H]1C. The number of urea groups is 1. The topological polar surface area (TPSA) is 95.0 Å². The van der Waals surface area contributed by atoms with Crippen molar-refractivity contribution in [1.29, 1.82) is 0 Å². The molecule has 0 spiro atoms. The van der Waals surface area contributed by atoms with Crippen LogP contribution in [0.5, 0.6) is 5.88 Å². The van der Waals surface area contributed by atoms with Crippen LogP contribution in [0.15, 0.2) is 36.5 Å². The number of aliphatic hydroxyl groups is 1. The fourth-order valence-electron chi connectivity index (χ4n) is 3.78. The number of carbonyl (C=O) groups is 2. The number of aliphatic hydroxyl groups excluding tert-OH is 1. The highest BCUT2D eigenvalue weighted by Gasteiger charge is 2.34. The second-order valence-electron chi connectivity index (χ2n) is 9.44. The quantitative estimate of drug-likeness (QED) is 0.621. The average molecular weight is 497 g/mol. The van der Waals surface area contributed by atoms with Gasteiger partial charge in [-0.05, 0) is 51.1 Å². The first-order valence-corrected chi connectivity index (χ1v) is 12.0. The molecule has 36 heavy (non-hydrogen) atoms. The molecular weight excluding hydrogens is 463 g/mol. The summed E-state index contributed by atoms with van der Waals surface area (Å²) in [6.45, 7) is 7.90. The molecule has 0 saturated heterocycles. The Bertz CT molecular complexity index is 1140. The van der Waals surface area contributed by atoms with E-state index in [0.717, 1.165) is 0 Å². The van der Waals surface area contributed by atoms with Crippen molar-refractivity contribution in [3.63, 3.8) is 0 Å². The van der Waals surface area contributed by atoms with Gasteiger partial charge in [0.15, 0.2) is 0 Å². The van der Waals surface area contributed by atoms with E-state index in [1.165, 1.54) is 18.3 Å². The highest BCUT2D eigenvalue weighted by Crippen LogP contribution is 2.27. The maximum absolute atomic E-state index is 13.5. The molecule has 1 aromatic heterocycles. The third-order valence-corrected chi connectivity index (χ3v) is 5.93. The molecule has 192 valence electrons. The van der Waals surface area contributed by atoms with Gasteiger partial charge in [-0.25, -0.2) is 14.2 Å². The first-order chi connectivity index (χ1) is 17.1. The van der Waals surface area contributed by atoms with Crippen molar-refractivity contribution in [1.82, 2.24) is 20.1 Å². The summed E-state index contributed by atoms with van der Waals surface area (Å²) in [6, 6.07) is 6.75. The number of nitrogens with zero attached hydrogens (tertiary/aromatic N) is 3. The lowest BCUT2D eigenvalue weighted by Crippen LogP contribution is -2.51. The van der Waals surface area contributed by atoms with Crippen LogP contribution in [0.2, 0.25) is 0 Å². The standard InChI is InChI=1S/C27H33FN4O4/c1-17(2)30-27(35)31(5)15-24-18(3)14-32(19(4)16-33)26(34)23-12-21(13-29-25(23)36-24)7-6-20-8-10-22(28)11-9-20/h8-13,17-19,24,33H,14-16H2,1-5H3,(H,30,35)/t18-,19-,24-/m1/s1. The number of fused-ring (bicyclic) bond motifs is 1. The number of benzene rings is 1. The molecule has 9 heteroatoms. The number of carbonyl (C=O) groups excluding carboxylic acids is 2. The van der Waals surface area contributed by atoms with E-state index in [2.05, 4.69) is 22.1 Å². The molecule has 1 aromatic carbocycles. The number of pyridine rings is 1. The Kier molecular flexibility index (Phi) is 8.88. The lowest BCUT2D eigenvalue weighted by atomic mass is 10.00. The predicted molar refractivity (Wildman–Crippen MR) is 134 cm³/mol. The van der Waals surface area contributed by atoms with Crippen molar-refractivity contribution in [3.05, 3.63) is 59.0 Å². The number of halogens is 1. The van der Waals surface area contributed by atoms with Crippen molar-refractivity contribution >= 4 is 11.9 Å². The molecule has 3 atom stereocenters. The third kappa shape index (κ3) is 6.73. The Hall–Kier alpha value is -3.64. The van der Waals surface area contributed by atoms with E-state index in [-0.39, 0.29) is 54.3 Å². The molecule has 2 aromatic rings. The third-order valence-electron chi connectivity index (χ3n) is 5.93. The number of rotatable bonds is 5. The summed E-state index contributed by atoms with van der Waals surface area (Å²) in [5.41, 5.74) is 1.34. The smallest absolute Gasteiger partial charge is 0.317 e. The van der Waals surface area contributed by atoms with Gasteiger partial charge in [0.1, 0.15) is 17.5 Å². The number of hydrogen-bond donors (Lipinski definition) is 2. The van der Waals surface area contributed by atoms with Crippen LogP contribution in [0.1, 0.15) is 49.2 Å². The first kappa shape index (κ1) is 27.0. The van der Waals surface area contributed by atoms with E-state index in [1.807, 2.05) is 20.8 Å². The summed E-state index contributed by atoms with van der Waals surface area (Å²) < 4.78 is 19.4. The van der Waals surface area contributed by atoms with Gasteiger partial charge in [-0.1, -0.05) is 18.8 Å². The Balaban J connectivity index is 1.95. The van der Waals surface area contributed by atoms with Gasteiger partial charge in [-0.15, -0.1) is 0 Å². The molecule has 0 unspecified atom stereocenters. The summed E-state index contributed by atoms with van der Waals surface area (Å²) >= 11 is 0. The summed E-state index contributed by atoms with van der Waals surface area (Å²) in [4.78, 5) is 33.5. The van der Waals surface area contributed by atoms with Crippen molar-refractivity contribution in [2.45, 2.75) is 45.9 Å². The zero-order valence-corrected chi connectivity index (χ0v) is 21.3. The first-order valence-electron chi connectivity index (χ1n) is 12.0. The van der Waals surface area contributed by atoms with Crippen molar-refractivity contribution in [2.75, 3.05) is 26.7 Å². The number of amides is 3. The zero-order valence-electron chi connectivity index (χ0n) is 21.3. The van der Waals surface area contributed by atoms with Crippen LogP contribution in [-0.2, 0) is 0 Å². The van der Waals surface area contributed by atoms with Crippen molar-refractivity contribution in [2.24, 2.45) is 5.92 Å². The fourth-order valence-corrected chi connectivity index (χ4v) is 3.78. The number of aromatic nitrogens is 1. The van der Waals surface area contributed by atoms with Crippen molar-refractivity contribution < 1.29 is 23.8 Å². The largest absolute Gasteiger partial charge is 0.472 e. The van der Waals surface area contributed by atoms with Gasteiger partial charge in [-0.3, -0.25) is 4.79 Å². The van der Waals surface area contributed by atoms with Gasteiger partial charge >= 0.3 is 6.03 Å². The molecule has 1 aliphatic heterocycles. The molecule has 2 heterocycles. The van der Waals surface area contributed by atoms with Gasteiger partial charge in [-0.2, -0.15) is 0 Å². The number of likely N-dealkylation sites (N-methyl/N-ethyl adjacent to an activating group) is 1. The highest BCUT2D eigenvalue weighted by molar-refractivity contribution is 5.97. The van der Waals surface area contributed by atoms with Gasteiger partial charge in [0, 0.05) is 42.9 Å².